The molecule has 6 N–H and O–H groups in total. The van der Waals surface area contributed by atoms with Gasteiger partial charge >= 0.3 is 0 Å². The summed E-state index contributed by atoms with van der Waals surface area (Å²) in [7, 11) is -2.19. The summed E-state index contributed by atoms with van der Waals surface area (Å²) in [5.41, 5.74) is 13.4. The summed E-state index contributed by atoms with van der Waals surface area (Å²) >= 11 is 0. The Kier molecular flexibility index (Phi) is 7.69. The molecule has 0 radical (unpaired) electrons. The van der Waals surface area contributed by atoms with Crippen LogP contribution in [0.15, 0.2) is 48.7 Å². The van der Waals surface area contributed by atoms with Gasteiger partial charge in [-0.2, -0.15) is 0 Å². The monoisotopic (exact) mass is 525 g/mol. The molecule has 0 saturated heterocycles. The molecule has 0 aliphatic rings. The quantitative estimate of drug-likeness (QED) is 0.243. The fourth-order valence-corrected chi connectivity index (χ4v) is 4.95. The molecule has 0 atom stereocenters. The molecule has 4 aromatic rings. The predicted molar refractivity (Wildman–Crippen MR) is 144 cm³/mol. The van der Waals surface area contributed by atoms with Gasteiger partial charge in [0.15, 0.2) is 11.6 Å². The van der Waals surface area contributed by atoms with Crippen molar-refractivity contribution in [3.63, 3.8) is 0 Å². The maximum Gasteiger partial charge on any atom is 0.232 e. The number of hydrogen-bond donors (Lipinski definition) is 4. The summed E-state index contributed by atoms with van der Waals surface area (Å²) < 4.78 is 47.7. The predicted octanol–water partition coefficient (Wildman–Crippen LogP) is 3.61. The second-order valence-corrected chi connectivity index (χ2v) is 10.1. The fourth-order valence-electron chi connectivity index (χ4n) is 3.82. The van der Waals surface area contributed by atoms with Crippen molar-refractivity contribution in [2.24, 2.45) is 5.73 Å². The lowest BCUT2D eigenvalue weighted by Crippen LogP contribution is -2.17. The molecular formula is C25H28FN7O3S. The van der Waals surface area contributed by atoms with Crippen LogP contribution in [-0.4, -0.2) is 49.3 Å². The summed E-state index contributed by atoms with van der Waals surface area (Å²) in [5, 5.41) is 3.55. The van der Waals surface area contributed by atoms with Gasteiger partial charge in [0.1, 0.15) is 22.9 Å². The summed E-state index contributed by atoms with van der Waals surface area (Å²) in [6.45, 7) is 2.81. The van der Waals surface area contributed by atoms with Crippen LogP contribution in [0.4, 0.5) is 21.7 Å². The summed E-state index contributed by atoms with van der Waals surface area (Å²) in [6.07, 6.45) is 2.03. The average Bonchev–Trinajstić information content (AvgIpc) is 2.88. The van der Waals surface area contributed by atoms with Crippen LogP contribution in [0.1, 0.15) is 13.3 Å². The molecule has 0 spiro atoms. The minimum absolute atomic E-state index is 0.112. The van der Waals surface area contributed by atoms with Crippen LogP contribution in [0.5, 0.6) is 5.75 Å². The molecule has 2 aromatic carbocycles. The SMILES string of the molecule is CCCS(=O)(=O)Nc1cccc(-c2cc(OC)c3nc(-c4ccc(NCCN)nc4)nc(N)c3c2)c1F. The maximum absolute atomic E-state index is 15.4. The van der Waals surface area contributed by atoms with Gasteiger partial charge < -0.3 is 21.5 Å². The van der Waals surface area contributed by atoms with Crippen molar-refractivity contribution < 1.29 is 17.5 Å². The number of nitrogen functional groups attached to an aromatic ring is 1. The molecule has 194 valence electrons. The van der Waals surface area contributed by atoms with Crippen LogP contribution in [0.3, 0.4) is 0 Å². The number of benzene rings is 2. The highest BCUT2D eigenvalue weighted by molar-refractivity contribution is 7.92. The zero-order valence-corrected chi connectivity index (χ0v) is 21.3. The number of nitrogens with one attached hydrogen (secondary N) is 2. The molecule has 0 aliphatic heterocycles. The first-order valence-electron chi connectivity index (χ1n) is 11.6. The van der Waals surface area contributed by atoms with E-state index in [-0.39, 0.29) is 22.8 Å². The topological polar surface area (TPSA) is 158 Å². The molecule has 0 bridgehead atoms. The average molecular weight is 526 g/mol. The maximum atomic E-state index is 15.4. The van der Waals surface area contributed by atoms with E-state index in [9.17, 15) is 8.42 Å². The zero-order valence-electron chi connectivity index (χ0n) is 20.5. The molecule has 0 saturated carbocycles. The minimum atomic E-state index is -3.67. The molecule has 10 nitrogen and oxygen atoms in total. The first-order valence-corrected chi connectivity index (χ1v) is 13.3. The van der Waals surface area contributed by atoms with Crippen LogP contribution in [0.25, 0.3) is 33.4 Å². The number of nitrogens with zero attached hydrogens (tertiary/aromatic N) is 3. The summed E-state index contributed by atoms with van der Waals surface area (Å²) in [4.78, 5) is 13.4. The van der Waals surface area contributed by atoms with E-state index < -0.39 is 15.8 Å². The van der Waals surface area contributed by atoms with Crippen LogP contribution in [0.2, 0.25) is 0 Å². The number of halogens is 1. The van der Waals surface area contributed by atoms with E-state index >= 15 is 4.39 Å². The highest BCUT2D eigenvalue weighted by Crippen LogP contribution is 2.37. The van der Waals surface area contributed by atoms with Crippen molar-refractivity contribution in [3.8, 4) is 28.3 Å². The van der Waals surface area contributed by atoms with E-state index in [1.807, 2.05) is 6.07 Å². The van der Waals surface area contributed by atoms with Gasteiger partial charge in [0.25, 0.3) is 0 Å². The van der Waals surface area contributed by atoms with Gasteiger partial charge in [-0.05, 0) is 42.3 Å². The normalized spacial score (nSPS) is 11.5. The van der Waals surface area contributed by atoms with Crippen molar-refractivity contribution in [3.05, 3.63) is 54.5 Å². The van der Waals surface area contributed by atoms with E-state index in [1.165, 1.54) is 13.2 Å². The lowest BCUT2D eigenvalue weighted by atomic mass is 10.0. The van der Waals surface area contributed by atoms with Crippen molar-refractivity contribution >= 4 is 38.2 Å². The molecule has 12 heteroatoms. The van der Waals surface area contributed by atoms with Gasteiger partial charge in [-0.3, -0.25) is 4.72 Å². The third-order valence-corrected chi connectivity index (χ3v) is 7.01. The van der Waals surface area contributed by atoms with Crippen LogP contribution in [-0.2, 0) is 10.0 Å². The Hall–Kier alpha value is -4.03. The fraction of sp³-hybridized carbons (Fsp3) is 0.240. The Morgan fingerprint density at radius 1 is 1.11 bits per heavy atom. The highest BCUT2D eigenvalue weighted by atomic mass is 32.2. The molecule has 0 amide bonds. The van der Waals surface area contributed by atoms with Crippen molar-refractivity contribution in [2.45, 2.75) is 13.3 Å². The summed E-state index contributed by atoms with van der Waals surface area (Å²) in [5.74, 6) is 0.728. The number of fused-ring (bicyclic) bond motifs is 1. The largest absolute Gasteiger partial charge is 0.494 e. The van der Waals surface area contributed by atoms with E-state index in [2.05, 4.69) is 25.0 Å². The smallest absolute Gasteiger partial charge is 0.232 e. The zero-order chi connectivity index (χ0) is 26.6. The van der Waals surface area contributed by atoms with Gasteiger partial charge in [-0.1, -0.05) is 19.1 Å². The molecular weight excluding hydrogens is 497 g/mol. The number of sulfonamides is 1. The number of nitrogens with two attached hydrogens (primary N) is 2. The second kappa shape index (κ2) is 10.9. The standard InChI is InChI=1S/C25H28FN7O3S/c1-3-11-37(34,35)33-19-6-4-5-17(22(19)26)16-12-18-23(20(13-16)36-2)31-25(32-24(18)28)15-7-8-21(30-14-15)29-10-9-27/h4-8,12-14,33H,3,9-11,27H2,1-2H3,(H,29,30)(H2,28,31,32). The number of hydrogen-bond acceptors (Lipinski definition) is 9. The molecule has 2 aromatic heterocycles. The van der Waals surface area contributed by atoms with E-state index in [1.54, 1.807) is 43.5 Å². The number of ether oxygens (including phenoxy) is 1. The van der Waals surface area contributed by atoms with Crippen LogP contribution < -0.4 is 26.2 Å². The highest BCUT2D eigenvalue weighted by Gasteiger charge is 2.19. The minimum Gasteiger partial charge on any atom is -0.494 e. The molecule has 0 aliphatic carbocycles. The Bertz CT molecular complexity index is 1530. The molecule has 0 unspecified atom stereocenters. The Morgan fingerprint density at radius 3 is 2.59 bits per heavy atom. The van der Waals surface area contributed by atoms with Gasteiger partial charge in [-0.25, -0.2) is 27.8 Å². The number of rotatable bonds is 10. The van der Waals surface area contributed by atoms with Crippen molar-refractivity contribution in [2.75, 3.05) is 41.7 Å². The Labute approximate surface area is 214 Å². The van der Waals surface area contributed by atoms with Gasteiger partial charge in [0.2, 0.25) is 10.0 Å². The van der Waals surface area contributed by atoms with E-state index in [0.29, 0.717) is 58.9 Å². The first kappa shape index (κ1) is 26.0. The van der Waals surface area contributed by atoms with Gasteiger partial charge in [0, 0.05) is 35.8 Å². The Morgan fingerprint density at radius 2 is 1.92 bits per heavy atom. The van der Waals surface area contributed by atoms with Crippen LogP contribution in [0, 0.1) is 5.82 Å². The first-order chi connectivity index (χ1) is 17.8. The summed E-state index contributed by atoms with van der Waals surface area (Å²) in [6, 6.07) is 11.4. The third kappa shape index (κ3) is 5.70. The van der Waals surface area contributed by atoms with Crippen LogP contribution >= 0.6 is 0 Å². The number of pyridine rings is 1. The van der Waals surface area contributed by atoms with E-state index in [0.717, 1.165) is 0 Å². The third-order valence-electron chi connectivity index (χ3n) is 5.54. The number of anilines is 3. The number of methoxy groups -OCH3 is 1. The molecule has 4 rings (SSSR count). The van der Waals surface area contributed by atoms with E-state index in [4.69, 9.17) is 16.2 Å². The van der Waals surface area contributed by atoms with Crippen molar-refractivity contribution in [1.82, 2.24) is 15.0 Å². The van der Waals surface area contributed by atoms with Gasteiger partial charge in [-0.15, -0.1) is 0 Å². The number of aromatic nitrogens is 3. The molecule has 2 heterocycles. The molecule has 37 heavy (non-hydrogen) atoms. The lowest BCUT2D eigenvalue weighted by Gasteiger charge is -2.14. The van der Waals surface area contributed by atoms with Crippen molar-refractivity contribution in [1.29, 1.82) is 0 Å². The molecule has 0 fully saturated rings. The second-order valence-electron chi connectivity index (χ2n) is 8.24. The lowest BCUT2D eigenvalue weighted by molar-refractivity contribution is 0.419. The van der Waals surface area contributed by atoms with Gasteiger partial charge in [0.05, 0.1) is 18.6 Å². The Balaban J connectivity index is 1.76.